The molecule has 1 aliphatic carbocycles. The number of rotatable bonds is 7. The minimum atomic E-state index is -0.519. The molecule has 11 aromatic rings. The van der Waals surface area contributed by atoms with Crippen LogP contribution in [-0.2, 0) is 5.41 Å². The molecule has 0 radical (unpaired) electrons. The maximum Gasteiger partial charge on any atom is 0.0714 e. The smallest absolute Gasteiger partial charge is 0.0714 e. The maximum atomic E-state index is 2.52. The van der Waals surface area contributed by atoms with Gasteiger partial charge in [0.2, 0.25) is 0 Å². The number of hydrogen-bond acceptors (Lipinski definition) is 2. The van der Waals surface area contributed by atoms with Crippen LogP contribution in [-0.4, -0.2) is 0 Å². The average Bonchev–Trinajstić information content (AvgIpc) is 3.86. The van der Waals surface area contributed by atoms with E-state index in [1.807, 2.05) is 11.3 Å². The Morgan fingerprint density at radius 1 is 0.344 bits per heavy atom. The molecule has 10 aromatic carbocycles. The highest BCUT2D eigenvalue weighted by Gasteiger charge is 2.47. The van der Waals surface area contributed by atoms with Gasteiger partial charge in [-0.2, -0.15) is 0 Å². The zero-order chi connectivity index (χ0) is 40.3. The van der Waals surface area contributed by atoms with Gasteiger partial charge in [0.15, 0.2) is 0 Å². The van der Waals surface area contributed by atoms with Gasteiger partial charge in [0, 0.05) is 37.0 Å². The average molecular weight is 794 g/mol. The minimum Gasteiger partial charge on any atom is -0.309 e. The van der Waals surface area contributed by atoms with Gasteiger partial charge >= 0.3 is 0 Å². The summed E-state index contributed by atoms with van der Waals surface area (Å²) < 4.78 is 2.61. The third kappa shape index (κ3) is 5.60. The summed E-state index contributed by atoms with van der Waals surface area (Å²) in [6, 6.07) is 87.5. The summed E-state index contributed by atoms with van der Waals surface area (Å²) in [6.45, 7) is 0. The fourth-order valence-corrected chi connectivity index (χ4v) is 11.2. The van der Waals surface area contributed by atoms with Crippen molar-refractivity contribution >= 4 is 59.3 Å². The van der Waals surface area contributed by atoms with E-state index >= 15 is 0 Å². The number of hydrogen-bond donors (Lipinski definition) is 0. The normalized spacial score (nSPS) is 12.7. The molecule has 1 aliphatic rings. The highest BCUT2D eigenvalue weighted by molar-refractivity contribution is 7.25. The van der Waals surface area contributed by atoms with Gasteiger partial charge < -0.3 is 4.90 Å². The molecule has 0 unspecified atom stereocenters. The van der Waals surface area contributed by atoms with E-state index in [2.05, 4.69) is 241 Å². The predicted molar refractivity (Wildman–Crippen MR) is 260 cm³/mol. The lowest BCUT2D eigenvalue weighted by Crippen LogP contribution is -2.28. The largest absolute Gasteiger partial charge is 0.309 e. The topological polar surface area (TPSA) is 3.24 Å². The van der Waals surface area contributed by atoms with Gasteiger partial charge in [0.05, 0.1) is 16.8 Å². The second-order valence-electron chi connectivity index (χ2n) is 16.0. The predicted octanol–water partition coefficient (Wildman–Crippen LogP) is 16.4. The number of thiophene rings is 1. The summed E-state index contributed by atoms with van der Waals surface area (Å²) in [6.07, 6.45) is 0. The van der Waals surface area contributed by atoms with Crippen LogP contribution >= 0.6 is 11.3 Å². The lowest BCUT2D eigenvalue weighted by Gasteiger charge is -2.34. The maximum absolute atomic E-state index is 2.52. The van der Waals surface area contributed by atoms with Gasteiger partial charge in [-0.05, 0) is 97.7 Å². The van der Waals surface area contributed by atoms with Gasteiger partial charge in [0.1, 0.15) is 0 Å². The Kier molecular flexibility index (Phi) is 8.33. The fourth-order valence-electron chi connectivity index (χ4n) is 10.1. The van der Waals surface area contributed by atoms with Crippen LogP contribution in [0.1, 0.15) is 22.3 Å². The number of nitrogens with zero attached hydrogens (tertiary/aromatic N) is 1. The first-order chi connectivity index (χ1) is 30.3. The van der Waals surface area contributed by atoms with E-state index in [1.165, 1.54) is 86.6 Å². The van der Waals surface area contributed by atoms with Crippen LogP contribution in [0.2, 0.25) is 0 Å². The van der Waals surface area contributed by atoms with Gasteiger partial charge in [-0.15, -0.1) is 11.3 Å². The highest BCUT2D eigenvalue weighted by Crippen LogP contribution is 2.60. The Labute approximate surface area is 360 Å². The molecule has 1 aromatic heterocycles. The van der Waals surface area contributed by atoms with Crippen molar-refractivity contribution in [2.24, 2.45) is 0 Å². The Morgan fingerprint density at radius 2 is 0.951 bits per heavy atom. The van der Waals surface area contributed by atoms with Crippen LogP contribution < -0.4 is 4.90 Å². The second kappa shape index (κ2) is 14.3. The molecule has 0 saturated carbocycles. The summed E-state index contributed by atoms with van der Waals surface area (Å²) in [4.78, 5) is 2.52. The van der Waals surface area contributed by atoms with E-state index in [-0.39, 0.29) is 0 Å². The first-order valence-corrected chi connectivity index (χ1v) is 21.8. The zero-order valence-electron chi connectivity index (χ0n) is 33.4. The molecule has 0 atom stereocenters. The van der Waals surface area contributed by atoms with Gasteiger partial charge in [-0.3, -0.25) is 0 Å². The number of benzene rings is 10. The van der Waals surface area contributed by atoms with Crippen LogP contribution in [0, 0.1) is 0 Å². The number of anilines is 3. The molecule has 0 saturated heterocycles. The molecular weight excluding hydrogens is 755 g/mol. The van der Waals surface area contributed by atoms with Crippen LogP contribution in [0.5, 0.6) is 0 Å². The van der Waals surface area contributed by atoms with Crippen LogP contribution in [0.25, 0.3) is 64.3 Å². The van der Waals surface area contributed by atoms with Crippen LogP contribution in [0.4, 0.5) is 17.1 Å². The van der Waals surface area contributed by atoms with E-state index in [4.69, 9.17) is 0 Å². The van der Waals surface area contributed by atoms with E-state index < -0.39 is 5.41 Å². The molecule has 0 bridgehead atoms. The fraction of sp³-hybridized carbons (Fsp3) is 0.0169. The van der Waals surface area contributed by atoms with E-state index in [0.717, 1.165) is 17.1 Å². The minimum absolute atomic E-state index is 0.519. The molecule has 12 rings (SSSR count). The summed E-state index contributed by atoms with van der Waals surface area (Å²) in [5, 5.41) is 5.10. The Hall–Kier alpha value is -7.52. The summed E-state index contributed by atoms with van der Waals surface area (Å²) in [5.74, 6) is 0. The second-order valence-corrected chi connectivity index (χ2v) is 17.1. The molecule has 61 heavy (non-hydrogen) atoms. The van der Waals surface area contributed by atoms with Crippen LogP contribution in [0.3, 0.4) is 0 Å². The third-order valence-electron chi connectivity index (χ3n) is 12.7. The van der Waals surface area contributed by atoms with Crippen molar-refractivity contribution in [3.63, 3.8) is 0 Å². The molecule has 0 amide bonds. The molecule has 0 aliphatic heterocycles. The lowest BCUT2D eigenvalue weighted by atomic mass is 9.68. The SMILES string of the molecule is c1ccc(C2(c3ccccc3)c3ccccc3-c3c(N(c4cccc(-c5ccc6ccccc6c5)c4)c4ccccc4-c4ccc5c(c4)sc4ccccc45)cccc32)cc1. The lowest BCUT2D eigenvalue weighted by molar-refractivity contribution is 0.768. The van der Waals surface area contributed by atoms with Crippen molar-refractivity contribution in [2.75, 3.05) is 4.90 Å². The van der Waals surface area contributed by atoms with Crippen molar-refractivity contribution < 1.29 is 0 Å². The monoisotopic (exact) mass is 793 g/mol. The van der Waals surface area contributed by atoms with Crippen molar-refractivity contribution in [1.29, 1.82) is 0 Å². The summed E-state index contributed by atoms with van der Waals surface area (Å²) >= 11 is 1.87. The van der Waals surface area contributed by atoms with E-state index in [9.17, 15) is 0 Å². The summed E-state index contributed by atoms with van der Waals surface area (Å²) in [5.41, 5.74) is 15.2. The van der Waals surface area contributed by atoms with Crippen molar-refractivity contribution in [1.82, 2.24) is 0 Å². The Balaban J connectivity index is 1.14. The quantitative estimate of drug-likeness (QED) is 0.155. The van der Waals surface area contributed by atoms with Gasteiger partial charge in [-0.1, -0.05) is 194 Å². The van der Waals surface area contributed by atoms with Gasteiger partial charge in [0.25, 0.3) is 0 Å². The highest BCUT2D eigenvalue weighted by atomic mass is 32.1. The number of fused-ring (bicyclic) bond motifs is 7. The first kappa shape index (κ1) is 35.4. The van der Waals surface area contributed by atoms with Gasteiger partial charge in [-0.25, -0.2) is 0 Å². The molecule has 286 valence electrons. The molecule has 0 fully saturated rings. The van der Waals surface area contributed by atoms with Crippen molar-refractivity contribution in [2.45, 2.75) is 5.41 Å². The molecule has 2 heteroatoms. The van der Waals surface area contributed by atoms with Crippen molar-refractivity contribution in [3.05, 3.63) is 259 Å². The van der Waals surface area contributed by atoms with Crippen LogP contribution in [0.15, 0.2) is 237 Å². The Bertz CT molecular complexity index is 3400. The molecule has 0 N–H and O–H groups in total. The summed E-state index contributed by atoms with van der Waals surface area (Å²) in [7, 11) is 0. The van der Waals surface area contributed by atoms with E-state index in [1.54, 1.807) is 0 Å². The molecule has 0 spiro atoms. The van der Waals surface area contributed by atoms with Crippen molar-refractivity contribution in [3.8, 4) is 33.4 Å². The first-order valence-electron chi connectivity index (χ1n) is 21.0. The third-order valence-corrected chi connectivity index (χ3v) is 13.9. The number of para-hydroxylation sites is 1. The zero-order valence-corrected chi connectivity index (χ0v) is 34.2. The molecule has 1 nitrogen and oxygen atoms in total. The molecular formula is C59H39NS. The van der Waals surface area contributed by atoms with E-state index in [0.29, 0.717) is 0 Å². The standard InChI is InChI=1S/C59H39NS/c1-3-20-45(21-4-1)59(46-22-5-2-6-23-46)52-28-12-9-27-51(52)58-53(59)29-16-31-55(58)60(47-24-15-19-42(38-47)43-34-33-40-17-7-8-18-41(40)37-43)54-30-13-10-25-48(54)44-35-36-50-49-26-11-14-32-56(49)61-57(50)39-44/h1-39H. The Morgan fingerprint density at radius 3 is 1.79 bits per heavy atom. The molecule has 1 heterocycles.